The second-order valence-corrected chi connectivity index (χ2v) is 8.03. The molecule has 1 fully saturated rings. The molecule has 5 nitrogen and oxygen atoms in total. The highest BCUT2D eigenvalue weighted by Gasteiger charge is 2.30. The lowest BCUT2D eigenvalue weighted by atomic mass is 9.92. The average molecular weight is 311 g/mol. The van der Waals surface area contributed by atoms with Gasteiger partial charge in [-0.15, -0.1) is 0 Å². The first kappa shape index (κ1) is 16.4. The molecule has 1 aliphatic heterocycles. The highest BCUT2D eigenvalue weighted by atomic mass is 32.2. The summed E-state index contributed by atoms with van der Waals surface area (Å²) in [6, 6.07) is 1.83. The molecule has 6 heteroatoms. The zero-order valence-corrected chi connectivity index (χ0v) is 14.1. The van der Waals surface area contributed by atoms with Gasteiger partial charge in [0.25, 0.3) is 5.91 Å². The van der Waals surface area contributed by atoms with E-state index in [9.17, 15) is 9.90 Å². The van der Waals surface area contributed by atoms with Gasteiger partial charge in [0, 0.05) is 19.0 Å². The Balaban J connectivity index is 2.02. The summed E-state index contributed by atoms with van der Waals surface area (Å²) in [6.07, 6.45) is 1.47. The monoisotopic (exact) mass is 311 g/mol. The summed E-state index contributed by atoms with van der Waals surface area (Å²) in [5.74, 6) is 1.73. The van der Waals surface area contributed by atoms with Gasteiger partial charge in [0.1, 0.15) is 5.69 Å². The van der Waals surface area contributed by atoms with E-state index in [1.807, 2.05) is 17.8 Å². The van der Waals surface area contributed by atoms with Gasteiger partial charge >= 0.3 is 0 Å². The molecular formula is C15H25N3O2S. The number of carbonyl (C=O) groups excluding carboxylic acids is 1. The Bertz CT molecular complexity index is 513. The number of carbonyl (C=O) groups is 1. The molecule has 0 atom stereocenters. The van der Waals surface area contributed by atoms with E-state index in [-0.39, 0.29) is 11.3 Å². The number of aliphatic hydroxyl groups is 1. The summed E-state index contributed by atoms with van der Waals surface area (Å²) in [5, 5.41) is 17.7. The molecule has 1 aromatic rings. The van der Waals surface area contributed by atoms with Gasteiger partial charge in [0.2, 0.25) is 0 Å². The number of thioether (sulfide) groups is 1. The van der Waals surface area contributed by atoms with Crippen LogP contribution in [0.15, 0.2) is 6.07 Å². The summed E-state index contributed by atoms with van der Waals surface area (Å²) in [4.78, 5) is 12.3. The fraction of sp³-hybridized carbons (Fsp3) is 0.733. The number of nitrogens with zero attached hydrogens (tertiary/aromatic N) is 2. The van der Waals surface area contributed by atoms with Crippen LogP contribution in [0.4, 0.5) is 0 Å². The maximum absolute atomic E-state index is 12.3. The van der Waals surface area contributed by atoms with E-state index >= 15 is 0 Å². The maximum atomic E-state index is 12.3. The molecular weight excluding hydrogens is 286 g/mol. The molecule has 21 heavy (non-hydrogen) atoms. The van der Waals surface area contributed by atoms with Crippen LogP contribution in [0, 0.1) is 0 Å². The minimum atomic E-state index is -0.758. The first-order valence-corrected chi connectivity index (χ1v) is 8.50. The number of nitrogens with one attached hydrogen (secondary N) is 1. The van der Waals surface area contributed by atoms with Gasteiger partial charge in [-0.25, -0.2) is 0 Å². The highest BCUT2D eigenvalue weighted by Crippen LogP contribution is 2.26. The molecule has 0 spiro atoms. The lowest BCUT2D eigenvalue weighted by molar-refractivity contribution is 0.0310. The number of aromatic nitrogens is 2. The largest absolute Gasteiger partial charge is 0.388 e. The molecule has 0 saturated carbocycles. The Labute approximate surface area is 130 Å². The Morgan fingerprint density at radius 1 is 1.48 bits per heavy atom. The van der Waals surface area contributed by atoms with E-state index < -0.39 is 5.60 Å². The molecule has 2 heterocycles. The normalized spacial score (nSPS) is 18.5. The number of rotatable bonds is 3. The van der Waals surface area contributed by atoms with Crippen LogP contribution >= 0.6 is 11.8 Å². The first-order valence-electron chi connectivity index (χ1n) is 7.34. The minimum absolute atomic E-state index is 0.0882. The third-order valence-electron chi connectivity index (χ3n) is 3.88. The smallest absolute Gasteiger partial charge is 0.269 e. The fourth-order valence-electron chi connectivity index (χ4n) is 2.31. The summed E-state index contributed by atoms with van der Waals surface area (Å²) >= 11 is 1.85. The summed E-state index contributed by atoms with van der Waals surface area (Å²) < 4.78 is 1.61. The Morgan fingerprint density at radius 3 is 2.62 bits per heavy atom. The molecule has 0 bridgehead atoms. The first-order chi connectivity index (χ1) is 9.71. The van der Waals surface area contributed by atoms with Crippen LogP contribution in [0.3, 0.4) is 0 Å². The van der Waals surface area contributed by atoms with E-state index in [0.717, 1.165) is 30.0 Å². The van der Waals surface area contributed by atoms with Crippen LogP contribution in [-0.4, -0.2) is 44.4 Å². The van der Waals surface area contributed by atoms with Gasteiger partial charge in [-0.3, -0.25) is 9.48 Å². The predicted octanol–water partition coefficient (Wildman–Crippen LogP) is 1.71. The second-order valence-electron chi connectivity index (χ2n) is 6.81. The molecule has 1 amide bonds. The number of amides is 1. The SMILES string of the molecule is Cn1nc(C(C)(C)C)cc1C(=O)NCC1(O)CCSCC1. The number of hydrogen-bond acceptors (Lipinski definition) is 4. The van der Waals surface area contributed by atoms with Crippen molar-refractivity contribution in [1.29, 1.82) is 0 Å². The maximum Gasteiger partial charge on any atom is 0.269 e. The van der Waals surface area contributed by atoms with Crippen molar-refractivity contribution in [3.05, 3.63) is 17.5 Å². The van der Waals surface area contributed by atoms with Crippen molar-refractivity contribution in [3.8, 4) is 0 Å². The van der Waals surface area contributed by atoms with Gasteiger partial charge in [0.05, 0.1) is 11.3 Å². The number of aryl methyl sites for hydroxylation is 1. The quantitative estimate of drug-likeness (QED) is 0.892. The van der Waals surface area contributed by atoms with Crippen LogP contribution in [0.1, 0.15) is 49.8 Å². The third-order valence-corrected chi connectivity index (χ3v) is 4.87. The van der Waals surface area contributed by atoms with E-state index in [4.69, 9.17) is 0 Å². The zero-order chi connectivity index (χ0) is 15.7. The molecule has 0 aliphatic carbocycles. The molecule has 1 aromatic heterocycles. The van der Waals surface area contributed by atoms with E-state index in [2.05, 4.69) is 31.2 Å². The Morgan fingerprint density at radius 2 is 2.10 bits per heavy atom. The van der Waals surface area contributed by atoms with Crippen molar-refractivity contribution in [2.75, 3.05) is 18.1 Å². The molecule has 0 aromatic carbocycles. The summed E-state index contributed by atoms with van der Waals surface area (Å²) in [7, 11) is 1.77. The van der Waals surface area contributed by atoms with E-state index in [1.54, 1.807) is 11.7 Å². The molecule has 118 valence electrons. The van der Waals surface area contributed by atoms with E-state index in [0.29, 0.717) is 12.2 Å². The Hall–Kier alpha value is -1.01. The van der Waals surface area contributed by atoms with Gasteiger partial charge in [-0.05, 0) is 30.4 Å². The summed E-state index contributed by atoms with van der Waals surface area (Å²) in [6.45, 7) is 6.51. The van der Waals surface area contributed by atoms with Crippen molar-refractivity contribution in [2.24, 2.45) is 7.05 Å². The lowest BCUT2D eigenvalue weighted by Crippen LogP contribution is -2.45. The molecule has 1 aliphatic rings. The third kappa shape index (κ3) is 4.01. The zero-order valence-electron chi connectivity index (χ0n) is 13.3. The van der Waals surface area contributed by atoms with Crippen LogP contribution in [-0.2, 0) is 12.5 Å². The highest BCUT2D eigenvalue weighted by molar-refractivity contribution is 7.99. The van der Waals surface area contributed by atoms with Crippen LogP contribution in [0.2, 0.25) is 0 Å². The van der Waals surface area contributed by atoms with Gasteiger partial charge in [0.15, 0.2) is 0 Å². The van der Waals surface area contributed by atoms with Crippen molar-refractivity contribution in [2.45, 2.75) is 44.6 Å². The van der Waals surface area contributed by atoms with Gasteiger partial charge < -0.3 is 10.4 Å². The molecule has 0 radical (unpaired) electrons. The molecule has 0 unspecified atom stereocenters. The number of hydrogen-bond donors (Lipinski definition) is 2. The van der Waals surface area contributed by atoms with Crippen LogP contribution < -0.4 is 5.32 Å². The van der Waals surface area contributed by atoms with Crippen molar-refractivity contribution in [3.63, 3.8) is 0 Å². The van der Waals surface area contributed by atoms with Gasteiger partial charge in [-0.1, -0.05) is 20.8 Å². The molecule has 2 N–H and O–H groups in total. The minimum Gasteiger partial charge on any atom is -0.388 e. The van der Waals surface area contributed by atoms with Gasteiger partial charge in [-0.2, -0.15) is 16.9 Å². The van der Waals surface area contributed by atoms with Crippen molar-refractivity contribution >= 4 is 17.7 Å². The van der Waals surface area contributed by atoms with Crippen molar-refractivity contribution < 1.29 is 9.90 Å². The molecule has 1 saturated heterocycles. The van der Waals surface area contributed by atoms with E-state index in [1.165, 1.54) is 0 Å². The average Bonchev–Trinajstić information content (AvgIpc) is 2.79. The lowest BCUT2D eigenvalue weighted by Gasteiger charge is -2.31. The topological polar surface area (TPSA) is 67.2 Å². The predicted molar refractivity (Wildman–Crippen MR) is 85.8 cm³/mol. The van der Waals surface area contributed by atoms with Crippen LogP contribution in [0.5, 0.6) is 0 Å². The van der Waals surface area contributed by atoms with Crippen molar-refractivity contribution in [1.82, 2.24) is 15.1 Å². The fourth-order valence-corrected chi connectivity index (χ4v) is 3.56. The summed E-state index contributed by atoms with van der Waals surface area (Å²) in [5.41, 5.74) is 0.582. The standard InChI is InChI=1S/C15H25N3O2S/c1-14(2,3)12-9-11(18(4)17-12)13(19)16-10-15(20)5-7-21-8-6-15/h9,20H,5-8,10H2,1-4H3,(H,16,19). The second kappa shape index (κ2) is 6.01. The molecule has 2 rings (SSSR count). The Kier molecular flexibility index (Phi) is 4.68. The van der Waals surface area contributed by atoms with Crippen LogP contribution in [0.25, 0.3) is 0 Å².